The number of nitrogens with one attached hydrogen (secondary N) is 1. The number of nitro benzene ring substituents is 1. The lowest BCUT2D eigenvalue weighted by atomic mass is 10.1. The predicted octanol–water partition coefficient (Wildman–Crippen LogP) is 4.84. The first-order chi connectivity index (χ1) is 12.4. The summed E-state index contributed by atoms with van der Waals surface area (Å²) in [5.41, 5.74) is 0.766. The standard InChI is InChI=1S/C19H15BrN2O4/c1-12-17(3-2-4-18(12)22(24)25)21-19(23)11-26-16-8-6-13-9-15(20)7-5-14(13)10-16/h2-10H,11H2,1H3,(H,21,23). The number of ether oxygens (including phenoxy) is 1. The maximum Gasteiger partial charge on any atom is 0.274 e. The Labute approximate surface area is 158 Å². The number of benzene rings is 3. The van der Waals surface area contributed by atoms with Crippen LogP contribution in [0.2, 0.25) is 0 Å². The number of carbonyl (C=O) groups excluding carboxylic acids is 1. The average Bonchev–Trinajstić information content (AvgIpc) is 2.61. The van der Waals surface area contributed by atoms with Crippen molar-refractivity contribution in [2.24, 2.45) is 0 Å². The highest BCUT2D eigenvalue weighted by Gasteiger charge is 2.15. The molecular formula is C19H15BrN2O4. The van der Waals surface area contributed by atoms with Crippen molar-refractivity contribution in [3.05, 3.63) is 74.7 Å². The molecule has 0 unspecified atom stereocenters. The largest absolute Gasteiger partial charge is 0.484 e. The molecule has 132 valence electrons. The van der Waals surface area contributed by atoms with Crippen molar-refractivity contribution in [3.8, 4) is 5.75 Å². The van der Waals surface area contributed by atoms with Crippen LogP contribution in [0.4, 0.5) is 11.4 Å². The fourth-order valence-corrected chi connectivity index (χ4v) is 2.96. The van der Waals surface area contributed by atoms with E-state index < -0.39 is 4.92 Å². The van der Waals surface area contributed by atoms with Gasteiger partial charge in [-0.05, 0) is 48.0 Å². The van der Waals surface area contributed by atoms with Crippen LogP contribution in [0.1, 0.15) is 5.56 Å². The minimum Gasteiger partial charge on any atom is -0.484 e. The first kappa shape index (κ1) is 17.9. The van der Waals surface area contributed by atoms with Crippen LogP contribution in [-0.2, 0) is 4.79 Å². The highest BCUT2D eigenvalue weighted by atomic mass is 79.9. The van der Waals surface area contributed by atoms with Crippen molar-refractivity contribution in [2.45, 2.75) is 6.92 Å². The molecule has 3 rings (SSSR count). The molecule has 26 heavy (non-hydrogen) atoms. The fraction of sp³-hybridized carbons (Fsp3) is 0.105. The predicted molar refractivity (Wildman–Crippen MR) is 104 cm³/mol. The molecule has 0 heterocycles. The highest BCUT2D eigenvalue weighted by molar-refractivity contribution is 9.10. The Bertz CT molecular complexity index is 1000. The molecule has 6 nitrogen and oxygen atoms in total. The van der Waals surface area contributed by atoms with Crippen LogP contribution in [0.5, 0.6) is 5.75 Å². The summed E-state index contributed by atoms with van der Waals surface area (Å²) in [5, 5.41) is 15.7. The molecule has 1 amide bonds. The molecule has 0 aliphatic heterocycles. The van der Waals surface area contributed by atoms with Gasteiger partial charge in [-0.2, -0.15) is 0 Å². The number of halogens is 1. The van der Waals surface area contributed by atoms with Gasteiger partial charge in [0.2, 0.25) is 0 Å². The van der Waals surface area contributed by atoms with E-state index in [9.17, 15) is 14.9 Å². The number of nitro groups is 1. The highest BCUT2D eigenvalue weighted by Crippen LogP contribution is 2.26. The van der Waals surface area contributed by atoms with Gasteiger partial charge in [0.1, 0.15) is 5.75 Å². The average molecular weight is 415 g/mol. The molecule has 0 saturated carbocycles. The number of carbonyl (C=O) groups is 1. The quantitative estimate of drug-likeness (QED) is 0.478. The maximum absolute atomic E-state index is 12.1. The van der Waals surface area contributed by atoms with Crippen molar-refractivity contribution in [3.63, 3.8) is 0 Å². The second kappa shape index (κ2) is 7.53. The van der Waals surface area contributed by atoms with Gasteiger partial charge in [-0.25, -0.2) is 0 Å². The van der Waals surface area contributed by atoms with E-state index in [1.54, 1.807) is 19.1 Å². The Kier molecular flexibility index (Phi) is 5.18. The molecule has 0 radical (unpaired) electrons. The van der Waals surface area contributed by atoms with E-state index in [0.29, 0.717) is 17.0 Å². The molecule has 7 heteroatoms. The molecule has 0 aliphatic carbocycles. The van der Waals surface area contributed by atoms with Crippen LogP contribution in [0.25, 0.3) is 10.8 Å². The maximum atomic E-state index is 12.1. The van der Waals surface area contributed by atoms with Gasteiger partial charge in [0.15, 0.2) is 6.61 Å². The fourth-order valence-electron chi connectivity index (χ4n) is 2.58. The first-order valence-corrected chi connectivity index (χ1v) is 8.59. The van der Waals surface area contributed by atoms with Gasteiger partial charge in [-0.3, -0.25) is 14.9 Å². The lowest BCUT2D eigenvalue weighted by molar-refractivity contribution is -0.385. The van der Waals surface area contributed by atoms with Crippen molar-refractivity contribution in [1.29, 1.82) is 0 Å². The number of rotatable bonds is 5. The normalized spacial score (nSPS) is 10.5. The monoisotopic (exact) mass is 414 g/mol. The second-order valence-corrected chi connectivity index (χ2v) is 6.61. The third-order valence-electron chi connectivity index (χ3n) is 3.92. The lowest BCUT2D eigenvalue weighted by Crippen LogP contribution is -2.20. The summed E-state index contributed by atoms with van der Waals surface area (Å²) in [6.07, 6.45) is 0. The molecular weight excluding hydrogens is 400 g/mol. The van der Waals surface area contributed by atoms with Gasteiger partial charge < -0.3 is 10.1 Å². The summed E-state index contributed by atoms with van der Waals surface area (Å²) in [7, 11) is 0. The van der Waals surface area contributed by atoms with E-state index >= 15 is 0 Å². The smallest absolute Gasteiger partial charge is 0.274 e. The Balaban J connectivity index is 1.67. The Morgan fingerprint density at radius 3 is 2.65 bits per heavy atom. The molecule has 0 aliphatic rings. The number of hydrogen-bond donors (Lipinski definition) is 1. The van der Waals surface area contributed by atoms with Crippen molar-refractivity contribution < 1.29 is 14.5 Å². The zero-order valence-electron chi connectivity index (χ0n) is 13.9. The molecule has 0 fully saturated rings. The zero-order valence-corrected chi connectivity index (χ0v) is 15.4. The van der Waals surface area contributed by atoms with Crippen LogP contribution in [0.3, 0.4) is 0 Å². The summed E-state index contributed by atoms with van der Waals surface area (Å²) in [5.74, 6) is 0.190. The van der Waals surface area contributed by atoms with Gasteiger partial charge in [0, 0.05) is 10.5 Å². The number of anilines is 1. The van der Waals surface area contributed by atoms with Crippen LogP contribution >= 0.6 is 15.9 Å². The summed E-state index contributed by atoms with van der Waals surface area (Å²) < 4.78 is 6.53. The SMILES string of the molecule is Cc1c(NC(=O)COc2ccc3cc(Br)ccc3c2)cccc1[N+](=O)[O-]. The lowest BCUT2D eigenvalue weighted by Gasteiger charge is -2.10. The minimum atomic E-state index is -0.477. The van der Waals surface area contributed by atoms with E-state index in [2.05, 4.69) is 21.2 Å². The molecule has 0 aromatic heterocycles. The van der Waals surface area contributed by atoms with Gasteiger partial charge >= 0.3 is 0 Å². The number of amides is 1. The van der Waals surface area contributed by atoms with E-state index in [-0.39, 0.29) is 18.2 Å². The first-order valence-electron chi connectivity index (χ1n) is 7.80. The van der Waals surface area contributed by atoms with E-state index in [1.807, 2.05) is 30.3 Å². The minimum absolute atomic E-state index is 0.0376. The molecule has 3 aromatic rings. The summed E-state index contributed by atoms with van der Waals surface area (Å²) >= 11 is 3.43. The molecule has 0 saturated heterocycles. The van der Waals surface area contributed by atoms with Crippen LogP contribution in [-0.4, -0.2) is 17.4 Å². The topological polar surface area (TPSA) is 81.5 Å². The summed E-state index contributed by atoms with van der Waals surface area (Å²) in [6, 6.07) is 16.0. The van der Waals surface area contributed by atoms with Crippen molar-refractivity contribution >= 4 is 44.0 Å². The summed E-state index contributed by atoms with van der Waals surface area (Å²) in [4.78, 5) is 22.6. The Morgan fingerprint density at radius 2 is 1.88 bits per heavy atom. The van der Waals surface area contributed by atoms with Crippen LogP contribution in [0.15, 0.2) is 59.1 Å². The number of nitrogens with zero attached hydrogens (tertiary/aromatic N) is 1. The van der Waals surface area contributed by atoms with E-state index in [4.69, 9.17) is 4.74 Å². The Hall–Kier alpha value is -2.93. The number of hydrogen-bond acceptors (Lipinski definition) is 4. The van der Waals surface area contributed by atoms with Crippen LogP contribution < -0.4 is 10.1 Å². The van der Waals surface area contributed by atoms with Crippen molar-refractivity contribution in [1.82, 2.24) is 0 Å². The summed E-state index contributed by atoms with van der Waals surface area (Å²) in [6.45, 7) is 1.40. The van der Waals surface area contributed by atoms with Gasteiger partial charge in [0.25, 0.3) is 11.6 Å². The van der Waals surface area contributed by atoms with Crippen LogP contribution in [0, 0.1) is 17.0 Å². The zero-order chi connectivity index (χ0) is 18.7. The second-order valence-electron chi connectivity index (χ2n) is 5.70. The van der Waals surface area contributed by atoms with Gasteiger partial charge in [-0.15, -0.1) is 0 Å². The van der Waals surface area contributed by atoms with Gasteiger partial charge in [-0.1, -0.05) is 34.1 Å². The van der Waals surface area contributed by atoms with E-state index in [0.717, 1.165) is 15.2 Å². The van der Waals surface area contributed by atoms with E-state index in [1.165, 1.54) is 12.1 Å². The molecule has 0 atom stereocenters. The third kappa shape index (κ3) is 4.00. The van der Waals surface area contributed by atoms with Gasteiger partial charge in [0.05, 0.1) is 16.2 Å². The molecule has 3 aromatic carbocycles. The molecule has 0 spiro atoms. The number of fused-ring (bicyclic) bond motifs is 1. The Morgan fingerprint density at radius 1 is 1.15 bits per heavy atom. The third-order valence-corrected chi connectivity index (χ3v) is 4.41. The molecule has 1 N–H and O–H groups in total. The van der Waals surface area contributed by atoms with Crippen molar-refractivity contribution in [2.75, 3.05) is 11.9 Å². The molecule has 0 bridgehead atoms.